The van der Waals surface area contributed by atoms with Crippen LogP contribution in [-0.4, -0.2) is 95.1 Å². The second kappa shape index (κ2) is 15.6. The van der Waals surface area contributed by atoms with Crippen molar-refractivity contribution in [2.24, 2.45) is 17.8 Å². The van der Waals surface area contributed by atoms with Crippen LogP contribution in [0.2, 0.25) is 5.02 Å². The van der Waals surface area contributed by atoms with Gasteiger partial charge in [-0.1, -0.05) is 43.7 Å². The summed E-state index contributed by atoms with van der Waals surface area (Å²) in [6.45, 7) is 9.32. The van der Waals surface area contributed by atoms with E-state index in [0.717, 1.165) is 15.4 Å². The lowest BCUT2D eigenvalue weighted by atomic mass is 9.88. The van der Waals surface area contributed by atoms with Crippen molar-refractivity contribution in [3.63, 3.8) is 0 Å². The first-order chi connectivity index (χ1) is 26.2. The molecular weight excluding hydrogens is 795 g/mol. The minimum atomic E-state index is -4.95. The molecule has 4 N–H and O–H groups in total. The first-order valence-electron chi connectivity index (χ1n) is 18.9. The zero-order valence-electron chi connectivity index (χ0n) is 33.0. The molecule has 0 spiro atoms. The molecule has 3 fully saturated rings. The first-order valence-corrected chi connectivity index (χ1v) is 20.8. The van der Waals surface area contributed by atoms with Gasteiger partial charge in [0.1, 0.15) is 17.6 Å². The van der Waals surface area contributed by atoms with E-state index in [-0.39, 0.29) is 29.5 Å². The van der Waals surface area contributed by atoms with Gasteiger partial charge in [-0.15, -0.1) is 0 Å². The number of sulfonamides is 1. The van der Waals surface area contributed by atoms with E-state index in [1.807, 2.05) is 13.0 Å². The standard InChI is InChI=1S/C38H51ClF3N5O9S/c1-20-10-8-9-11-24-18-37(24,32(50)45-57(54,55)36(7)12-13-36)44-30(48)27-17-25(47(34(52)53)29-23(4)15-21(2)16-26(29)39)19-46(27)31(49)28(22(3)14-20)43-33(51)56-35(5,6)38(40,41)42/h9,11,15-16,20,22,24-25,27-28H,8,10,12-14,17-19H2,1-7H3,(H,43,51)(H,44,48)(H,45,50)(H,52,53)/b11-9-/t20-,22+,24+,25+,27-,28-,37+/m0/s1. The van der Waals surface area contributed by atoms with Gasteiger partial charge in [-0.05, 0) is 109 Å². The number of fused-ring (bicyclic) bond motifs is 2. The Morgan fingerprint density at radius 1 is 1.11 bits per heavy atom. The van der Waals surface area contributed by atoms with Crippen molar-refractivity contribution >= 4 is 57.2 Å². The zero-order chi connectivity index (χ0) is 42.6. The minimum absolute atomic E-state index is 0.0361. The summed E-state index contributed by atoms with van der Waals surface area (Å²) in [6.07, 6.45) is -2.64. The fraction of sp³-hybridized carbons (Fsp3) is 0.658. The molecular formula is C38H51ClF3N5O9S. The molecule has 5 amide bonds. The van der Waals surface area contributed by atoms with Crippen LogP contribution in [0.25, 0.3) is 0 Å². The van der Waals surface area contributed by atoms with Gasteiger partial charge in [0.15, 0.2) is 0 Å². The highest BCUT2D eigenvalue weighted by atomic mass is 35.5. The van der Waals surface area contributed by atoms with E-state index in [1.54, 1.807) is 39.0 Å². The van der Waals surface area contributed by atoms with Crippen LogP contribution in [0.5, 0.6) is 0 Å². The highest BCUT2D eigenvalue weighted by Gasteiger charge is 2.63. The number of aryl methyl sites for hydroxylation is 2. The molecule has 4 aliphatic rings. The molecule has 7 atom stereocenters. The van der Waals surface area contributed by atoms with Crippen LogP contribution in [0.4, 0.5) is 28.4 Å². The summed E-state index contributed by atoms with van der Waals surface area (Å²) in [6, 6.07) is -0.901. The Balaban J connectivity index is 1.57. The van der Waals surface area contributed by atoms with Gasteiger partial charge in [-0.3, -0.25) is 24.0 Å². The zero-order valence-corrected chi connectivity index (χ0v) is 34.5. The van der Waals surface area contributed by atoms with E-state index in [1.165, 1.54) is 6.92 Å². The molecule has 57 heavy (non-hydrogen) atoms. The Morgan fingerprint density at radius 3 is 2.33 bits per heavy atom. The molecule has 2 aliphatic carbocycles. The Bertz CT molecular complexity index is 1930. The molecule has 0 bridgehead atoms. The lowest BCUT2D eigenvalue weighted by Crippen LogP contribution is -2.59. The molecule has 316 valence electrons. The summed E-state index contributed by atoms with van der Waals surface area (Å²) >= 11 is 6.60. The quantitative estimate of drug-likeness (QED) is 0.248. The number of carbonyl (C=O) groups excluding carboxylic acids is 4. The average Bonchev–Trinajstić information content (AvgIpc) is 3.95. The maximum atomic E-state index is 14.8. The summed E-state index contributed by atoms with van der Waals surface area (Å²) in [4.78, 5) is 71.3. The van der Waals surface area contributed by atoms with Crippen LogP contribution >= 0.6 is 11.6 Å². The minimum Gasteiger partial charge on any atom is -0.465 e. The molecule has 5 rings (SSSR count). The number of allylic oxidation sites excluding steroid dienone is 1. The number of carboxylic acid groups (broad SMARTS) is 1. The number of hydrogen-bond donors (Lipinski definition) is 4. The molecule has 0 unspecified atom stereocenters. The number of ether oxygens (including phenoxy) is 1. The van der Waals surface area contributed by atoms with Crippen LogP contribution < -0.4 is 20.3 Å². The fourth-order valence-electron chi connectivity index (χ4n) is 7.81. The lowest BCUT2D eigenvalue weighted by molar-refractivity contribution is -0.244. The van der Waals surface area contributed by atoms with E-state index in [0.29, 0.717) is 51.5 Å². The van der Waals surface area contributed by atoms with Gasteiger partial charge in [-0.25, -0.2) is 18.0 Å². The number of nitrogens with zero attached hydrogens (tertiary/aromatic N) is 2. The Hall–Kier alpha value is -4.06. The number of benzene rings is 1. The van der Waals surface area contributed by atoms with Crippen molar-refractivity contribution < 1.29 is 55.4 Å². The van der Waals surface area contributed by atoms with Crippen molar-refractivity contribution in [2.45, 2.75) is 134 Å². The summed E-state index contributed by atoms with van der Waals surface area (Å²) in [5.41, 5.74) is -3.34. The number of alkyl carbamates (subject to hydrolysis) is 1. The smallest absolute Gasteiger partial charge is 0.427 e. The van der Waals surface area contributed by atoms with Gasteiger partial charge in [0.25, 0.3) is 5.91 Å². The van der Waals surface area contributed by atoms with E-state index >= 15 is 0 Å². The Morgan fingerprint density at radius 2 is 1.75 bits per heavy atom. The van der Waals surface area contributed by atoms with Gasteiger partial charge < -0.3 is 25.4 Å². The number of alkyl halides is 3. The van der Waals surface area contributed by atoms with Crippen LogP contribution in [0.3, 0.4) is 0 Å². The van der Waals surface area contributed by atoms with Gasteiger partial charge in [0, 0.05) is 12.5 Å². The second-order valence-corrected chi connectivity index (χ2v) is 19.6. The monoisotopic (exact) mass is 845 g/mol. The summed E-state index contributed by atoms with van der Waals surface area (Å²) in [7, 11) is -4.13. The topological polar surface area (TPSA) is 192 Å². The molecule has 19 heteroatoms. The maximum absolute atomic E-state index is 14.8. The van der Waals surface area contributed by atoms with Gasteiger partial charge >= 0.3 is 18.4 Å². The van der Waals surface area contributed by atoms with Crippen LogP contribution in [0.1, 0.15) is 90.7 Å². The summed E-state index contributed by atoms with van der Waals surface area (Å²) in [5, 5.41) is 15.7. The molecule has 0 radical (unpaired) electrons. The van der Waals surface area contributed by atoms with E-state index < -0.39 is 98.5 Å². The second-order valence-electron chi connectivity index (χ2n) is 17.0. The van der Waals surface area contributed by atoms with Crippen LogP contribution in [0, 0.1) is 31.6 Å². The first kappa shape index (κ1) is 44.1. The number of rotatable bonds is 7. The SMILES string of the molecule is Cc1cc(C)c(N(C(=O)O)[C@@H]2C[C@H]3C(=O)N[C@]4(C(=O)NS(=O)(=O)C5(C)CC5)C[C@H]4/C=C\CC[C@H](C)C[C@@H](C)[C@H](NC(=O)OC(C)(C)C(F)(F)F)C(=O)N3C2)c(Cl)c1. The molecule has 2 heterocycles. The number of carbonyl (C=O) groups is 5. The van der Waals surface area contributed by atoms with Crippen molar-refractivity contribution in [2.75, 3.05) is 11.4 Å². The summed E-state index contributed by atoms with van der Waals surface area (Å²) < 4.78 is 73.3. The highest BCUT2D eigenvalue weighted by Crippen LogP contribution is 2.48. The van der Waals surface area contributed by atoms with Crippen molar-refractivity contribution in [1.82, 2.24) is 20.3 Å². The van der Waals surface area contributed by atoms with E-state index in [2.05, 4.69) is 15.4 Å². The molecule has 1 aromatic carbocycles. The molecule has 0 aromatic heterocycles. The predicted octanol–water partition coefficient (Wildman–Crippen LogP) is 5.73. The molecule has 2 aliphatic heterocycles. The largest absolute Gasteiger partial charge is 0.465 e. The van der Waals surface area contributed by atoms with Gasteiger partial charge in [-0.2, -0.15) is 13.2 Å². The number of amides is 5. The normalized spacial score (nSPS) is 29.7. The van der Waals surface area contributed by atoms with E-state index in [9.17, 15) is 50.7 Å². The van der Waals surface area contributed by atoms with Crippen molar-refractivity contribution in [3.05, 3.63) is 40.4 Å². The molecule has 1 aromatic rings. The highest BCUT2D eigenvalue weighted by molar-refractivity contribution is 7.91. The molecule has 14 nitrogen and oxygen atoms in total. The summed E-state index contributed by atoms with van der Waals surface area (Å²) in [5.74, 6) is -4.20. The van der Waals surface area contributed by atoms with Gasteiger partial charge in [0.05, 0.1) is 21.5 Å². The maximum Gasteiger partial charge on any atom is 0.427 e. The Kier molecular flexibility index (Phi) is 12.1. The predicted molar refractivity (Wildman–Crippen MR) is 204 cm³/mol. The number of halogens is 4. The molecule has 2 saturated carbocycles. The van der Waals surface area contributed by atoms with Crippen LogP contribution in [-0.2, 0) is 29.1 Å². The van der Waals surface area contributed by atoms with E-state index in [4.69, 9.17) is 16.3 Å². The third kappa shape index (κ3) is 9.00. The van der Waals surface area contributed by atoms with Crippen LogP contribution in [0.15, 0.2) is 24.3 Å². The molecule has 1 saturated heterocycles. The van der Waals surface area contributed by atoms with Crippen molar-refractivity contribution in [1.29, 1.82) is 0 Å². The lowest BCUT2D eigenvalue weighted by Gasteiger charge is -2.34. The third-order valence-electron chi connectivity index (χ3n) is 11.8. The number of nitrogens with one attached hydrogen (secondary N) is 3. The average molecular weight is 846 g/mol. The van der Waals surface area contributed by atoms with Crippen molar-refractivity contribution in [3.8, 4) is 0 Å². The van der Waals surface area contributed by atoms with Gasteiger partial charge in [0.2, 0.25) is 27.4 Å². The number of anilines is 1. The third-order valence-corrected chi connectivity index (χ3v) is 14.2. The Labute approximate surface area is 335 Å². The number of hydrogen-bond acceptors (Lipinski definition) is 8. The fourth-order valence-corrected chi connectivity index (χ4v) is 9.53.